The number of benzene rings is 2. The minimum Gasteiger partial charge on any atom is -0.348 e. The molecule has 0 radical (unpaired) electrons. The number of hydrogen-bond acceptors (Lipinski definition) is 7. The molecule has 4 rings (SSSR count). The fraction of sp³-hybridized carbons (Fsp3) is 0.278. The van der Waals surface area contributed by atoms with E-state index in [0.29, 0.717) is 18.9 Å². The summed E-state index contributed by atoms with van der Waals surface area (Å²) in [6.07, 6.45) is 2.35. The maximum atomic E-state index is 12.8. The third kappa shape index (κ3) is 4.12. The van der Waals surface area contributed by atoms with Crippen molar-refractivity contribution in [2.75, 3.05) is 24.2 Å². The van der Waals surface area contributed by atoms with Crippen molar-refractivity contribution in [2.24, 2.45) is 0 Å². The van der Waals surface area contributed by atoms with Crippen LogP contribution in [0.3, 0.4) is 0 Å². The van der Waals surface area contributed by atoms with Crippen LogP contribution < -0.4 is 4.72 Å². The zero-order valence-electron chi connectivity index (χ0n) is 14.5. The molecule has 0 aliphatic carbocycles. The van der Waals surface area contributed by atoms with E-state index < -0.39 is 16.3 Å². The van der Waals surface area contributed by atoms with Gasteiger partial charge in [0.25, 0.3) is 10.0 Å². The molecule has 0 spiro atoms. The van der Waals surface area contributed by atoms with Gasteiger partial charge in [-0.05, 0) is 43.0 Å². The number of nitrogens with zero attached hydrogens (tertiary/aromatic N) is 1. The molecule has 0 atom stereocenters. The van der Waals surface area contributed by atoms with Crippen LogP contribution >= 0.6 is 23.1 Å². The zero-order chi connectivity index (χ0) is 18.9. The lowest BCUT2D eigenvalue weighted by atomic mass is 10.2. The third-order valence-electron chi connectivity index (χ3n) is 4.06. The average Bonchev–Trinajstić information content (AvgIpc) is 3.11. The topological polar surface area (TPSA) is 77.5 Å². The van der Waals surface area contributed by atoms with E-state index in [1.54, 1.807) is 48.2 Å². The Labute approximate surface area is 166 Å². The van der Waals surface area contributed by atoms with Crippen LogP contribution in [0.1, 0.15) is 18.3 Å². The van der Waals surface area contributed by atoms with Gasteiger partial charge in [0.1, 0.15) is 0 Å². The minimum absolute atomic E-state index is 0.210. The Kier molecular flexibility index (Phi) is 5.38. The van der Waals surface area contributed by atoms with E-state index in [9.17, 15) is 8.42 Å². The number of ether oxygens (including phenoxy) is 2. The number of anilines is 1. The first kappa shape index (κ1) is 18.7. The maximum absolute atomic E-state index is 12.8. The Morgan fingerprint density at radius 3 is 2.78 bits per heavy atom. The smallest absolute Gasteiger partial charge is 0.261 e. The van der Waals surface area contributed by atoms with Gasteiger partial charge in [-0.2, -0.15) is 0 Å². The van der Waals surface area contributed by atoms with E-state index in [1.807, 2.05) is 12.3 Å². The highest BCUT2D eigenvalue weighted by Crippen LogP contribution is 2.31. The van der Waals surface area contributed by atoms with E-state index in [4.69, 9.17) is 9.47 Å². The molecule has 1 N–H and O–H groups in total. The Bertz CT molecular complexity index is 1060. The van der Waals surface area contributed by atoms with Crippen molar-refractivity contribution in [3.8, 4) is 0 Å². The van der Waals surface area contributed by atoms with E-state index in [0.717, 1.165) is 26.5 Å². The Balaban J connectivity index is 1.59. The van der Waals surface area contributed by atoms with Crippen LogP contribution in [0.4, 0.5) is 5.69 Å². The van der Waals surface area contributed by atoms with Crippen LogP contribution in [0, 0.1) is 0 Å². The van der Waals surface area contributed by atoms with Crippen molar-refractivity contribution in [1.29, 1.82) is 0 Å². The SMILES string of the molecule is CSc1nc2ccc(S(=O)(=O)Nc3cccc(C4OCCCO4)c3)cc2s1. The van der Waals surface area contributed by atoms with Gasteiger partial charge in [-0.3, -0.25) is 4.72 Å². The van der Waals surface area contributed by atoms with Gasteiger partial charge < -0.3 is 9.47 Å². The van der Waals surface area contributed by atoms with Gasteiger partial charge in [-0.1, -0.05) is 23.9 Å². The maximum Gasteiger partial charge on any atom is 0.261 e. The van der Waals surface area contributed by atoms with Crippen LogP contribution in [-0.2, 0) is 19.5 Å². The number of nitrogens with one attached hydrogen (secondary N) is 1. The van der Waals surface area contributed by atoms with Crippen molar-refractivity contribution < 1.29 is 17.9 Å². The van der Waals surface area contributed by atoms with Crippen molar-refractivity contribution in [1.82, 2.24) is 4.98 Å². The molecule has 0 bridgehead atoms. The Morgan fingerprint density at radius 1 is 1.19 bits per heavy atom. The molecular formula is C18H18N2O4S3. The van der Waals surface area contributed by atoms with E-state index >= 15 is 0 Å². The minimum atomic E-state index is -3.71. The molecule has 0 saturated carbocycles. The summed E-state index contributed by atoms with van der Waals surface area (Å²) in [5.74, 6) is 0. The van der Waals surface area contributed by atoms with Gasteiger partial charge in [0, 0.05) is 11.3 Å². The molecule has 0 unspecified atom stereocenters. The first-order valence-electron chi connectivity index (χ1n) is 8.36. The van der Waals surface area contributed by atoms with Gasteiger partial charge >= 0.3 is 0 Å². The lowest BCUT2D eigenvalue weighted by Gasteiger charge is -2.23. The van der Waals surface area contributed by atoms with Crippen LogP contribution in [0.2, 0.25) is 0 Å². The lowest BCUT2D eigenvalue weighted by Crippen LogP contribution is -2.18. The molecule has 6 nitrogen and oxygen atoms in total. The molecular weight excluding hydrogens is 404 g/mol. The van der Waals surface area contributed by atoms with Crippen molar-refractivity contribution in [3.63, 3.8) is 0 Å². The fourth-order valence-corrected chi connectivity index (χ4v) is 5.46. The summed E-state index contributed by atoms with van der Waals surface area (Å²) in [7, 11) is -3.71. The summed E-state index contributed by atoms with van der Waals surface area (Å²) >= 11 is 3.03. The Hall–Kier alpha value is -1.65. The summed E-state index contributed by atoms with van der Waals surface area (Å²) in [6, 6.07) is 12.1. The predicted molar refractivity (Wildman–Crippen MR) is 108 cm³/mol. The number of thioether (sulfide) groups is 1. The van der Waals surface area contributed by atoms with Crippen LogP contribution in [0.5, 0.6) is 0 Å². The van der Waals surface area contributed by atoms with Gasteiger partial charge in [0.05, 0.1) is 28.3 Å². The molecule has 1 fully saturated rings. The lowest BCUT2D eigenvalue weighted by molar-refractivity contribution is -0.183. The van der Waals surface area contributed by atoms with Crippen molar-refractivity contribution in [3.05, 3.63) is 48.0 Å². The Morgan fingerprint density at radius 2 is 2.00 bits per heavy atom. The molecule has 1 aromatic heterocycles. The highest BCUT2D eigenvalue weighted by Gasteiger charge is 2.19. The molecule has 2 heterocycles. The number of thiazole rings is 1. The average molecular weight is 423 g/mol. The molecule has 142 valence electrons. The van der Waals surface area contributed by atoms with Crippen molar-refractivity contribution in [2.45, 2.75) is 21.9 Å². The van der Waals surface area contributed by atoms with Crippen LogP contribution in [-0.4, -0.2) is 32.9 Å². The molecule has 9 heteroatoms. The zero-order valence-corrected chi connectivity index (χ0v) is 17.0. The summed E-state index contributed by atoms with van der Waals surface area (Å²) in [5, 5.41) is 0. The molecule has 1 aliphatic rings. The van der Waals surface area contributed by atoms with Gasteiger partial charge in [-0.25, -0.2) is 13.4 Å². The summed E-state index contributed by atoms with van der Waals surface area (Å²) in [5.41, 5.74) is 2.06. The molecule has 1 aliphatic heterocycles. The van der Waals surface area contributed by atoms with E-state index in [-0.39, 0.29) is 4.90 Å². The normalized spacial score (nSPS) is 15.9. The van der Waals surface area contributed by atoms with Gasteiger partial charge in [0.2, 0.25) is 0 Å². The van der Waals surface area contributed by atoms with Gasteiger partial charge in [0.15, 0.2) is 10.6 Å². The number of rotatable bonds is 5. The molecule has 1 saturated heterocycles. The standard InChI is InChI=1S/C18H18N2O4S3/c1-25-18-19-15-7-6-14(11-16(15)26-18)27(21,22)20-13-5-2-4-12(10-13)17-23-8-3-9-24-17/h2,4-7,10-11,17,20H,3,8-9H2,1H3. The van der Waals surface area contributed by atoms with Crippen molar-refractivity contribution >= 4 is 49.0 Å². The first-order valence-corrected chi connectivity index (χ1v) is 11.9. The highest BCUT2D eigenvalue weighted by molar-refractivity contribution is 8.00. The predicted octanol–water partition coefficient (Wildman–Crippen LogP) is 4.25. The molecule has 0 amide bonds. The largest absolute Gasteiger partial charge is 0.348 e. The van der Waals surface area contributed by atoms with Crippen LogP contribution in [0.15, 0.2) is 51.7 Å². The second kappa shape index (κ2) is 7.76. The third-order valence-corrected chi connectivity index (χ3v) is 7.45. The molecule has 27 heavy (non-hydrogen) atoms. The van der Waals surface area contributed by atoms with E-state index in [2.05, 4.69) is 9.71 Å². The fourth-order valence-electron chi connectivity index (χ4n) is 2.78. The first-order chi connectivity index (χ1) is 13.0. The summed E-state index contributed by atoms with van der Waals surface area (Å²) in [4.78, 5) is 4.65. The second-order valence-corrected chi connectivity index (χ2v) is 9.74. The van der Waals surface area contributed by atoms with Crippen LogP contribution in [0.25, 0.3) is 10.2 Å². The van der Waals surface area contributed by atoms with Gasteiger partial charge in [-0.15, -0.1) is 11.3 Å². The number of aromatic nitrogens is 1. The summed E-state index contributed by atoms with van der Waals surface area (Å²) in [6.45, 7) is 1.26. The number of hydrogen-bond donors (Lipinski definition) is 1. The van der Waals surface area contributed by atoms with E-state index in [1.165, 1.54) is 11.3 Å². The summed E-state index contributed by atoms with van der Waals surface area (Å²) < 4.78 is 41.2. The highest BCUT2D eigenvalue weighted by atomic mass is 32.2. The number of fused-ring (bicyclic) bond motifs is 1. The molecule has 3 aromatic rings. The molecule has 2 aromatic carbocycles. The second-order valence-electron chi connectivity index (χ2n) is 5.97. The monoisotopic (exact) mass is 422 g/mol. The number of sulfonamides is 1. The quantitative estimate of drug-likeness (QED) is 0.619.